The molecule has 0 spiro atoms. The number of fused-ring (bicyclic) bond motifs is 3. The van der Waals surface area contributed by atoms with Gasteiger partial charge in [0.2, 0.25) is 0 Å². The summed E-state index contributed by atoms with van der Waals surface area (Å²) < 4.78 is 0. The van der Waals surface area contributed by atoms with Crippen LogP contribution in [0.4, 0.5) is 0 Å². The van der Waals surface area contributed by atoms with Crippen molar-refractivity contribution in [2.24, 2.45) is 0 Å². The van der Waals surface area contributed by atoms with E-state index >= 15 is 0 Å². The Balaban J connectivity index is 1.88. The normalized spacial score (nSPS) is 20.6. The number of likely N-dealkylation sites (tertiary alicyclic amines) is 1. The van der Waals surface area contributed by atoms with E-state index in [0.717, 1.165) is 6.54 Å². The van der Waals surface area contributed by atoms with Crippen molar-refractivity contribution in [3.05, 3.63) is 75.9 Å². The molecular weight excluding hydrogens is 278 g/mol. The van der Waals surface area contributed by atoms with Gasteiger partial charge in [-0.2, -0.15) is 0 Å². The Bertz CT molecular complexity index is 767. The second kappa shape index (κ2) is 5.65. The zero-order valence-corrected chi connectivity index (χ0v) is 14.4. The third kappa shape index (κ3) is 2.44. The van der Waals surface area contributed by atoms with E-state index in [1.54, 1.807) is 11.1 Å². The Hall–Kier alpha value is -1.86. The molecule has 1 saturated heterocycles. The first-order chi connectivity index (χ1) is 11.2. The fourth-order valence-corrected chi connectivity index (χ4v) is 4.21. The number of aryl methyl sites for hydroxylation is 2. The van der Waals surface area contributed by atoms with Gasteiger partial charge in [-0.3, -0.25) is 0 Å². The van der Waals surface area contributed by atoms with Gasteiger partial charge in [-0.15, -0.1) is 0 Å². The molecule has 0 saturated carbocycles. The van der Waals surface area contributed by atoms with Crippen LogP contribution in [0.15, 0.2) is 48.0 Å². The third-order valence-corrected chi connectivity index (χ3v) is 5.52. The van der Waals surface area contributed by atoms with E-state index in [1.807, 2.05) is 0 Å². The highest BCUT2D eigenvalue weighted by Crippen LogP contribution is 2.48. The van der Waals surface area contributed by atoms with Crippen molar-refractivity contribution in [1.29, 1.82) is 0 Å². The number of nitrogens with zero attached hydrogens (tertiary/aromatic N) is 1. The predicted octanol–water partition coefficient (Wildman–Crippen LogP) is 4.93. The van der Waals surface area contributed by atoms with Gasteiger partial charge in [0.1, 0.15) is 0 Å². The highest BCUT2D eigenvalue weighted by atomic mass is 15.1. The molecule has 2 aromatic carbocycles. The van der Waals surface area contributed by atoms with Crippen LogP contribution in [0.2, 0.25) is 0 Å². The minimum absolute atomic E-state index is 0.593. The second-order valence-corrected chi connectivity index (χ2v) is 7.05. The first-order valence-electron chi connectivity index (χ1n) is 8.80. The Morgan fingerprint density at radius 1 is 1.00 bits per heavy atom. The van der Waals surface area contributed by atoms with E-state index in [0.29, 0.717) is 5.92 Å². The molecule has 0 amide bonds. The summed E-state index contributed by atoms with van der Waals surface area (Å²) in [6.07, 6.45) is 1.20. The molecule has 118 valence electrons. The van der Waals surface area contributed by atoms with Crippen LogP contribution in [0.25, 0.3) is 5.57 Å². The van der Waals surface area contributed by atoms with E-state index in [2.05, 4.69) is 68.1 Å². The lowest BCUT2D eigenvalue weighted by molar-refractivity contribution is 0.254. The van der Waals surface area contributed by atoms with Crippen molar-refractivity contribution < 1.29 is 0 Å². The Kier molecular flexibility index (Phi) is 3.61. The number of piperidine rings is 1. The van der Waals surface area contributed by atoms with Crippen LogP contribution in [0.5, 0.6) is 0 Å². The van der Waals surface area contributed by atoms with Gasteiger partial charge in [0.05, 0.1) is 0 Å². The number of rotatable bonds is 2. The van der Waals surface area contributed by atoms with E-state index in [1.165, 1.54) is 47.3 Å². The SMILES string of the molecule is CCN1CCC2=C(c3ccc(C)cc3)c3cc(C)ccc3[C@H]2C1. The Labute approximate surface area is 139 Å². The summed E-state index contributed by atoms with van der Waals surface area (Å²) in [6.45, 7) is 10.2. The molecule has 2 aromatic rings. The fraction of sp³-hybridized carbons (Fsp3) is 0.364. The highest BCUT2D eigenvalue weighted by molar-refractivity contribution is 5.89. The summed E-state index contributed by atoms with van der Waals surface area (Å²) in [7, 11) is 0. The molecule has 1 nitrogen and oxygen atoms in total. The third-order valence-electron chi connectivity index (χ3n) is 5.52. The molecule has 0 aromatic heterocycles. The first kappa shape index (κ1) is 14.7. The van der Waals surface area contributed by atoms with Gasteiger partial charge in [0.15, 0.2) is 0 Å². The van der Waals surface area contributed by atoms with Crippen molar-refractivity contribution in [3.8, 4) is 0 Å². The predicted molar refractivity (Wildman–Crippen MR) is 97.9 cm³/mol. The summed E-state index contributed by atoms with van der Waals surface area (Å²) in [6, 6.07) is 16.1. The lowest BCUT2D eigenvalue weighted by atomic mass is 9.89. The summed E-state index contributed by atoms with van der Waals surface area (Å²) in [5.41, 5.74) is 10.3. The van der Waals surface area contributed by atoms with Crippen molar-refractivity contribution in [2.45, 2.75) is 33.1 Å². The molecule has 23 heavy (non-hydrogen) atoms. The lowest BCUT2D eigenvalue weighted by Crippen LogP contribution is -2.34. The number of hydrogen-bond donors (Lipinski definition) is 0. The van der Waals surface area contributed by atoms with E-state index in [-0.39, 0.29) is 0 Å². The fourth-order valence-electron chi connectivity index (χ4n) is 4.21. The molecule has 1 fully saturated rings. The van der Waals surface area contributed by atoms with E-state index < -0.39 is 0 Å². The molecule has 2 aliphatic rings. The van der Waals surface area contributed by atoms with Gasteiger partial charge < -0.3 is 4.90 Å². The number of benzene rings is 2. The maximum Gasteiger partial charge on any atom is 0.0192 e. The van der Waals surface area contributed by atoms with Crippen LogP contribution >= 0.6 is 0 Å². The summed E-state index contributed by atoms with van der Waals surface area (Å²) in [4.78, 5) is 2.59. The summed E-state index contributed by atoms with van der Waals surface area (Å²) in [5.74, 6) is 0.593. The van der Waals surface area contributed by atoms with Crippen LogP contribution in [0.3, 0.4) is 0 Å². The van der Waals surface area contributed by atoms with Crippen molar-refractivity contribution >= 4 is 5.57 Å². The molecule has 1 heteroatoms. The monoisotopic (exact) mass is 303 g/mol. The molecule has 1 atom stereocenters. The molecule has 4 rings (SSSR count). The van der Waals surface area contributed by atoms with Crippen LogP contribution in [0.1, 0.15) is 47.1 Å². The van der Waals surface area contributed by atoms with Crippen LogP contribution in [-0.4, -0.2) is 24.5 Å². The average molecular weight is 303 g/mol. The Morgan fingerprint density at radius 2 is 1.74 bits per heavy atom. The zero-order valence-electron chi connectivity index (χ0n) is 14.4. The smallest absolute Gasteiger partial charge is 0.0192 e. The molecule has 0 radical (unpaired) electrons. The van der Waals surface area contributed by atoms with Crippen LogP contribution < -0.4 is 0 Å². The second-order valence-electron chi connectivity index (χ2n) is 7.05. The van der Waals surface area contributed by atoms with Gasteiger partial charge in [0.25, 0.3) is 0 Å². The zero-order chi connectivity index (χ0) is 16.0. The number of likely N-dealkylation sites (N-methyl/N-ethyl adjacent to an activating group) is 1. The number of hydrogen-bond acceptors (Lipinski definition) is 1. The molecule has 1 heterocycles. The average Bonchev–Trinajstić information content (AvgIpc) is 2.88. The van der Waals surface area contributed by atoms with E-state index in [4.69, 9.17) is 0 Å². The van der Waals surface area contributed by atoms with Crippen molar-refractivity contribution in [2.75, 3.05) is 19.6 Å². The van der Waals surface area contributed by atoms with Gasteiger partial charge in [-0.05, 0) is 49.1 Å². The Morgan fingerprint density at radius 3 is 2.48 bits per heavy atom. The quantitative estimate of drug-likeness (QED) is 0.760. The van der Waals surface area contributed by atoms with E-state index in [9.17, 15) is 0 Å². The maximum absolute atomic E-state index is 2.59. The first-order valence-corrected chi connectivity index (χ1v) is 8.80. The van der Waals surface area contributed by atoms with Crippen LogP contribution in [-0.2, 0) is 0 Å². The van der Waals surface area contributed by atoms with Gasteiger partial charge in [-0.25, -0.2) is 0 Å². The minimum atomic E-state index is 0.593. The topological polar surface area (TPSA) is 3.24 Å². The standard InChI is InChI=1S/C22H25N/c1-4-23-12-11-19-21(14-23)18-10-7-16(3)13-20(18)22(19)17-8-5-15(2)6-9-17/h5-10,13,21H,4,11-12,14H2,1-3H3/t21-/m1/s1. The molecule has 1 aliphatic heterocycles. The van der Waals surface area contributed by atoms with Crippen molar-refractivity contribution in [1.82, 2.24) is 4.90 Å². The van der Waals surface area contributed by atoms with Crippen LogP contribution in [0, 0.1) is 13.8 Å². The molecule has 0 N–H and O–H groups in total. The largest absolute Gasteiger partial charge is 0.302 e. The lowest BCUT2D eigenvalue weighted by Gasteiger charge is -2.32. The maximum atomic E-state index is 2.59. The summed E-state index contributed by atoms with van der Waals surface area (Å²) >= 11 is 0. The minimum Gasteiger partial charge on any atom is -0.302 e. The van der Waals surface area contributed by atoms with Gasteiger partial charge in [0, 0.05) is 19.0 Å². The van der Waals surface area contributed by atoms with Gasteiger partial charge in [-0.1, -0.05) is 66.1 Å². The highest BCUT2D eigenvalue weighted by Gasteiger charge is 2.35. The molecule has 1 aliphatic carbocycles. The molecule has 0 unspecified atom stereocenters. The molecular formula is C22H25N. The molecule has 0 bridgehead atoms. The summed E-state index contributed by atoms with van der Waals surface area (Å²) in [5, 5.41) is 0. The van der Waals surface area contributed by atoms with Crippen molar-refractivity contribution in [3.63, 3.8) is 0 Å². The van der Waals surface area contributed by atoms with Gasteiger partial charge >= 0.3 is 0 Å².